The Kier molecular flexibility index (Phi) is 5.89. The maximum Gasteiger partial charge on any atom is 0.234 e. The van der Waals surface area contributed by atoms with Gasteiger partial charge in [-0.2, -0.15) is 0 Å². The van der Waals surface area contributed by atoms with Crippen LogP contribution in [0.25, 0.3) is 0 Å². The molecule has 1 atom stereocenters. The molecule has 1 aliphatic rings. The lowest BCUT2D eigenvalue weighted by atomic mass is 10.0. The number of anilines is 1. The molecule has 0 unspecified atom stereocenters. The van der Waals surface area contributed by atoms with E-state index in [1.165, 1.54) is 11.1 Å². The molecule has 2 aromatic rings. The molecule has 1 aromatic carbocycles. The molecule has 2 heterocycles. The first-order valence-electron chi connectivity index (χ1n) is 9.28. The molecular weight excluding hydrogens is 324 g/mol. The summed E-state index contributed by atoms with van der Waals surface area (Å²) in [6.45, 7) is 10.3. The topological polar surface area (TPSA) is 48.5 Å². The average Bonchev–Trinajstić information content (AvgIpc) is 2.65. The number of aryl methyl sites for hydroxylation is 2. The Morgan fingerprint density at radius 3 is 2.54 bits per heavy atom. The van der Waals surface area contributed by atoms with Gasteiger partial charge in [-0.25, -0.2) is 4.98 Å². The molecular formula is C21H28N4O. The fourth-order valence-electron chi connectivity index (χ4n) is 3.28. The summed E-state index contributed by atoms with van der Waals surface area (Å²) < 4.78 is 0. The van der Waals surface area contributed by atoms with Gasteiger partial charge in [0.05, 0.1) is 12.6 Å². The highest BCUT2D eigenvalue weighted by Gasteiger charge is 2.20. The normalized spacial score (nSPS) is 16.3. The number of carbonyl (C=O) groups is 1. The molecule has 0 spiro atoms. The number of rotatable bonds is 5. The number of piperazine rings is 1. The van der Waals surface area contributed by atoms with Crippen LogP contribution in [0.5, 0.6) is 0 Å². The predicted octanol–water partition coefficient (Wildman–Crippen LogP) is 2.70. The number of pyridine rings is 1. The third-order valence-corrected chi connectivity index (χ3v) is 5.12. The Hall–Kier alpha value is -2.40. The van der Waals surface area contributed by atoms with Gasteiger partial charge in [0.15, 0.2) is 0 Å². The third kappa shape index (κ3) is 4.61. The molecule has 1 saturated heterocycles. The van der Waals surface area contributed by atoms with E-state index < -0.39 is 0 Å². The number of nitrogens with zero attached hydrogens (tertiary/aromatic N) is 3. The summed E-state index contributed by atoms with van der Waals surface area (Å²) >= 11 is 0. The number of benzene rings is 1. The van der Waals surface area contributed by atoms with Crippen molar-refractivity contribution >= 4 is 11.7 Å². The van der Waals surface area contributed by atoms with Crippen LogP contribution in [-0.2, 0) is 4.79 Å². The van der Waals surface area contributed by atoms with E-state index in [2.05, 4.69) is 52.1 Å². The second-order valence-corrected chi connectivity index (χ2v) is 7.08. The van der Waals surface area contributed by atoms with Crippen molar-refractivity contribution in [3.8, 4) is 0 Å². The Morgan fingerprint density at radius 2 is 1.88 bits per heavy atom. The molecule has 138 valence electrons. The highest BCUT2D eigenvalue weighted by Crippen LogP contribution is 2.17. The maximum absolute atomic E-state index is 12.4. The average molecular weight is 352 g/mol. The Labute approximate surface area is 156 Å². The number of aromatic nitrogens is 1. The molecule has 26 heavy (non-hydrogen) atoms. The largest absolute Gasteiger partial charge is 0.354 e. The number of carbonyl (C=O) groups excluding carboxylic acids is 1. The van der Waals surface area contributed by atoms with Crippen LogP contribution in [0.1, 0.15) is 29.7 Å². The monoisotopic (exact) mass is 352 g/mol. The summed E-state index contributed by atoms with van der Waals surface area (Å²) in [5, 5.41) is 3.13. The fraction of sp³-hybridized carbons (Fsp3) is 0.429. The molecule has 5 nitrogen and oxygen atoms in total. The van der Waals surface area contributed by atoms with Crippen molar-refractivity contribution in [2.24, 2.45) is 0 Å². The molecule has 5 heteroatoms. The van der Waals surface area contributed by atoms with Crippen LogP contribution >= 0.6 is 0 Å². The predicted molar refractivity (Wildman–Crippen MR) is 105 cm³/mol. The van der Waals surface area contributed by atoms with Gasteiger partial charge in [-0.15, -0.1) is 0 Å². The van der Waals surface area contributed by atoms with Gasteiger partial charge in [-0.1, -0.05) is 24.3 Å². The molecule has 3 rings (SSSR count). The lowest BCUT2D eigenvalue weighted by molar-refractivity contribution is -0.123. The van der Waals surface area contributed by atoms with Crippen molar-refractivity contribution in [3.63, 3.8) is 0 Å². The van der Waals surface area contributed by atoms with Crippen molar-refractivity contribution < 1.29 is 4.79 Å². The van der Waals surface area contributed by atoms with E-state index in [4.69, 9.17) is 0 Å². The van der Waals surface area contributed by atoms with Crippen LogP contribution in [0.3, 0.4) is 0 Å². The van der Waals surface area contributed by atoms with Gasteiger partial charge in [0.25, 0.3) is 0 Å². The summed E-state index contributed by atoms with van der Waals surface area (Å²) in [6.07, 6.45) is 1.82. The van der Waals surface area contributed by atoms with E-state index in [-0.39, 0.29) is 11.9 Å². The van der Waals surface area contributed by atoms with E-state index in [0.29, 0.717) is 6.54 Å². The molecule has 1 aliphatic heterocycles. The smallest absolute Gasteiger partial charge is 0.234 e. The number of nitrogens with one attached hydrogen (secondary N) is 1. The molecule has 1 N–H and O–H groups in total. The second-order valence-electron chi connectivity index (χ2n) is 7.08. The van der Waals surface area contributed by atoms with Crippen LogP contribution in [0, 0.1) is 13.8 Å². The number of hydrogen-bond donors (Lipinski definition) is 1. The van der Waals surface area contributed by atoms with Gasteiger partial charge < -0.3 is 10.2 Å². The highest BCUT2D eigenvalue weighted by molar-refractivity contribution is 5.78. The summed E-state index contributed by atoms with van der Waals surface area (Å²) in [5.41, 5.74) is 3.69. The summed E-state index contributed by atoms with van der Waals surface area (Å²) in [7, 11) is 0. The third-order valence-electron chi connectivity index (χ3n) is 5.12. The minimum atomic E-state index is 0.0246. The molecule has 1 aromatic heterocycles. The van der Waals surface area contributed by atoms with Gasteiger partial charge in [0.2, 0.25) is 5.91 Å². The van der Waals surface area contributed by atoms with Crippen molar-refractivity contribution in [2.45, 2.75) is 26.8 Å². The van der Waals surface area contributed by atoms with Crippen molar-refractivity contribution in [2.75, 3.05) is 37.6 Å². The summed E-state index contributed by atoms with van der Waals surface area (Å²) in [4.78, 5) is 21.3. The van der Waals surface area contributed by atoms with E-state index in [0.717, 1.165) is 37.6 Å². The summed E-state index contributed by atoms with van der Waals surface area (Å²) in [6, 6.07) is 12.4. The van der Waals surface area contributed by atoms with Crippen LogP contribution in [0.15, 0.2) is 42.6 Å². The van der Waals surface area contributed by atoms with Gasteiger partial charge in [0, 0.05) is 32.4 Å². The van der Waals surface area contributed by atoms with Crippen LogP contribution in [0.2, 0.25) is 0 Å². The fourth-order valence-corrected chi connectivity index (χ4v) is 3.28. The minimum absolute atomic E-state index is 0.0246. The maximum atomic E-state index is 12.4. The van der Waals surface area contributed by atoms with E-state index in [1.54, 1.807) is 0 Å². The first-order valence-corrected chi connectivity index (χ1v) is 9.28. The second kappa shape index (κ2) is 8.32. The molecule has 0 aliphatic carbocycles. The summed E-state index contributed by atoms with van der Waals surface area (Å²) in [5.74, 6) is 1.10. The van der Waals surface area contributed by atoms with Crippen molar-refractivity contribution in [1.82, 2.24) is 15.2 Å². The molecule has 0 saturated carbocycles. The quantitative estimate of drug-likeness (QED) is 0.899. The Morgan fingerprint density at radius 1 is 1.12 bits per heavy atom. The standard InChI is InChI=1S/C21H28N4O/c1-16-7-8-19(14-17(16)2)18(3)23-21(26)15-24-10-12-25(13-11-24)20-6-4-5-9-22-20/h4-9,14,18H,10-13,15H2,1-3H3,(H,23,26)/t18-/m0/s1. The number of amides is 1. The van der Waals surface area contributed by atoms with E-state index in [9.17, 15) is 4.79 Å². The van der Waals surface area contributed by atoms with Crippen molar-refractivity contribution in [3.05, 3.63) is 59.3 Å². The molecule has 1 fully saturated rings. The van der Waals surface area contributed by atoms with Crippen molar-refractivity contribution in [1.29, 1.82) is 0 Å². The van der Waals surface area contributed by atoms with Gasteiger partial charge in [0.1, 0.15) is 5.82 Å². The van der Waals surface area contributed by atoms with Gasteiger partial charge >= 0.3 is 0 Å². The molecule has 0 bridgehead atoms. The van der Waals surface area contributed by atoms with Crippen LogP contribution in [-0.4, -0.2) is 48.5 Å². The molecule has 1 amide bonds. The van der Waals surface area contributed by atoms with Crippen LogP contribution in [0.4, 0.5) is 5.82 Å². The zero-order valence-electron chi connectivity index (χ0n) is 15.9. The molecule has 0 radical (unpaired) electrons. The van der Waals surface area contributed by atoms with Crippen LogP contribution < -0.4 is 10.2 Å². The zero-order chi connectivity index (χ0) is 18.5. The van der Waals surface area contributed by atoms with Gasteiger partial charge in [-0.05, 0) is 49.6 Å². The number of hydrogen-bond acceptors (Lipinski definition) is 4. The van der Waals surface area contributed by atoms with E-state index in [1.807, 2.05) is 31.3 Å². The Balaban J connectivity index is 1.47. The first kappa shape index (κ1) is 18.4. The SMILES string of the molecule is Cc1ccc([C@H](C)NC(=O)CN2CCN(c3ccccn3)CC2)cc1C. The Bertz CT molecular complexity index is 739. The van der Waals surface area contributed by atoms with E-state index >= 15 is 0 Å². The minimum Gasteiger partial charge on any atom is -0.354 e. The van der Waals surface area contributed by atoms with Gasteiger partial charge in [-0.3, -0.25) is 9.69 Å². The lowest BCUT2D eigenvalue weighted by Gasteiger charge is -2.35. The lowest BCUT2D eigenvalue weighted by Crippen LogP contribution is -2.49. The first-order chi connectivity index (χ1) is 12.5. The zero-order valence-corrected chi connectivity index (χ0v) is 15.9. The highest BCUT2D eigenvalue weighted by atomic mass is 16.2.